The molecule has 2 rings (SSSR count). The third-order valence-electron chi connectivity index (χ3n) is 3.41. The molecule has 0 bridgehead atoms. The van der Waals surface area contributed by atoms with E-state index >= 15 is 0 Å². The average molecular weight is 268 g/mol. The molecule has 0 aromatic heterocycles. The lowest BCUT2D eigenvalue weighted by molar-refractivity contribution is -0.127. The fourth-order valence-corrected chi connectivity index (χ4v) is 2.61. The van der Waals surface area contributed by atoms with Crippen molar-refractivity contribution >= 4 is 17.5 Å². The fourth-order valence-electron chi connectivity index (χ4n) is 2.44. The van der Waals surface area contributed by atoms with Gasteiger partial charge in [-0.15, -0.1) is 11.6 Å². The maximum absolute atomic E-state index is 11.5. The Labute approximate surface area is 113 Å². The van der Waals surface area contributed by atoms with Gasteiger partial charge in [-0.1, -0.05) is 12.1 Å². The monoisotopic (exact) mass is 267 g/mol. The van der Waals surface area contributed by atoms with Crippen molar-refractivity contribution in [2.24, 2.45) is 5.92 Å². The van der Waals surface area contributed by atoms with Crippen molar-refractivity contribution in [3.8, 4) is 5.75 Å². The number of likely N-dealkylation sites (tertiary alicyclic amines) is 1. The number of rotatable bonds is 4. The summed E-state index contributed by atoms with van der Waals surface area (Å²) in [5.74, 6) is 1.56. The maximum Gasteiger partial charge on any atom is 0.237 e. The van der Waals surface area contributed by atoms with Crippen LogP contribution in [0.1, 0.15) is 12.0 Å². The van der Waals surface area contributed by atoms with Crippen LogP contribution in [0.25, 0.3) is 0 Å². The Morgan fingerprint density at radius 2 is 2.39 bits per heavy atom. The Kier molecular flexibility index (Phi) is 4.48. The number of methoxy groups -OCH3 is 1. The minimum absolute atomic E-state index is 0.0461. The molecule has 1 saturated heterocycles. The first-order chi connectivity index (χ1) is 8.72. The predicted octanol–water partition coefficient (Wildman–Crippen LogP) is 2.33. The lowest BCUT2D eigenvalue weighted by Gasteiger charge is -2.15. The van der Waals surface area contributed by atoms with Crippen molar-refractivity contribution in [2.75, 3.05) is 26.1 Å². The molecule has 1 atom stereocenters. The van der Waals surface area contributed by atoms with Crippen molar-refractivity contribution < 1.29 is 9.53 Å². The zero-order valence-corrected chi connectivity index (χ0v) is 11.3. The van der Waals surface area contributed by atoms with Gasteiger partial charge in [-0.25, -0.2) is 0 Å². The number of alkyl halides is 1. The molecule has 1 amide bonds. The first-order valence-corrected chi connectivity index (χ1v) is 6.73. The van der Waals surface area contributed by atoms with Gasteiger partial charge < -0.3 is 9.64 Å². The van der Waals surface area contributed by atoms with E-state index in [0.717, 1.165) is 31.7 Å². The van der Waals surface area contributed by atoms with Crippen LogP contribution in [0.3, 0.4) is 0 Å². The first kappa shape index (κ1) is 13.2. The molecule has 0 N–H and O–H groups in total. The number of ether oxygens (including phenoxy) is 1. The summed E-state index contributed by atoms with van der Waals surface area (Å²) in [6.45, 7) is 1.66. The summed E-state index contributed by atoms with van der Waals surface area (Å²) in [5, 5.41) is 0. The molecule has 1 aliphatic heterocycles. The summed E-state index contributed by atoms with van der Waals surface area (Å²) in [4.78, 5) is 13.3. The van der Waals surface area contributed by atoms with E-state index in [4.69, 9.17) is 16.3 Å². The number of carbonyl (C=O) groups is 1. The normalized spacial score (nSPS) is 19.0. The molecule has 0 saturated carbocycles. The SMILES string of the molecule is COc1cccc(CC2CCN(C(=O)CCl)C2)c1. The van der Waals surface area contributed by atoms with Gasteiger partial charge >= 0.3 is 0 Å². The molecule has 3 nitrogen and oxygen atoms in total. The number of carbonyl (C=O) groups excluding carboxylic acids is 1. The summed E-state index contributed by atoms with van der Waals surface area (Å²) in [7, 11) is 1.68. The quantitative estimate of drug-likeness (QED) is 0.784. The molecule has 0 radical (unpaired) electrons. The van der Waals surface area contributed by atoms with E-state index in [1.165, 1.54) is 5.56 Å². The Morgan fingerprint density at radius 3 is 3.11 bits per heavy atom. The summed E-state index contributed by atoms with van der Waals surface area (Å²) in [6.07, 6.45) is 2.04. The number of nitrogens with zero attached hydrogens (tertiary/aromatic N) is 1. The lowest BCUT2D eigenvalue weighted by Crippen LogP contribution is -2.29. The number of hydrogen-bond donors (Lipinski definition) is 0. The van der Waals surface area contributed by atoms with E-state index in [-0.39, 0.29) is 11.8 Å². The molecule has 1 aromatic rings. The van der Waals surface area contributed by atoms with Gasteiger partial charge in [0.1, 0.15) is 11.6 Å². The smallest absolute Gasteiger partial charge is 0.237 e. The van der Waals surface area contributed by atoms with Gasteiger partial charge in [0, 0.05) is 13.1 Å². The van der Waals surface area contributed by atoms with Crippen LogP contribution >= 0.6 is 11.6 Å². The summed E-state index contributed by atoms with van der Waals surface area (Å²) >= 11 is 5.57. The highest BCUT2D eigenvalue weighted by molar-refractivity contribution is 6.27. The molecule has 1 aliphatic rings. The summed E-state index contributed by atoms with van der Waals surface area (Å²) < 4.78 is 5.21. The maximum atomic E-state index is 11.5. The molecule has 0 aliphatic carbocycles. The Hall–Kier alpha value is -1.22. The Bertz CT molecular complexity index is 422. The van der Waals surface area contributed by atoms with E-state index in [9.17, 15) is 4.79 Å². The van der Waals surface area contributed by atoms with Crippen LogP contribution in [0, 0.1) is 5.92 Å². The van der Waals surface area contributed by atoms with Crippen LogP contribution in [0.4, 0.5) is 0 Å². The highest BCUT2D eigenvalue weighted by Gasteiger charge is 2.25. The Morgan fingerprint density at radius 1 is 1.56 bits per heavy atom. The predicted molar refractivity (Wildman–Crippen MR) is 72.1 cm³/mol. The lowest BCUT2D eigenvalue weighted by atomic mass is 9.98. The van der Waals surface area contributed by atoms with Crippen LogP contribution < -0.4 is 4.74 Å². The molecule has 1 aromatic carbocycles. The van der Waals surface area contributed by atoms with Crippen LogP contribution in [-0.2, 0) is 11.2 Å². The van der Waals surface area contributed by atoms with Crippen LogP contribution in [0.2, 0.25) is 0 Å². The van der Waals surface area contributed by atoms with Crippen molar-refractivity contribution in [1.29, 1.82) is 0 Å². The molecular weight excluding hydrogens is 250 g/mol. The van der Waals surface area contributed by atoms with Gasteiger partial charge in [-0.3, -0.25) is 4.79 Å². The minimum Gasteiger partial charge on any atom is -0.497 e. The summed E-state index contributed by atoms with van der Waals surface area (Å²) in [6, 6.07) is 8.12. The third-order valence-corrected chi connectivity index (χ3v) is 3.64. The molecule has 1 heterocycles. The standard InChI is InChI=1S/C14H18ClNO2/c1-18-13-4-2-3-11(8-13)7-12-5-6-16(10-12)14(17)9-15/h2-4,8,12H,5-7,9-10H2,1H3. The van der Waals surface area contributed by atoms with Crippen molar-refractivity contribution in [1.82, 2.24) is 4.90 Å². The molecule has 1 fully saturated rings. The highest BCUT2D eigenvalue weighted by atomic mass is 35.5. The number of hydrogen-bond acceptors (Lipinski definition) is 2. The molecule has 0 spiro atoms. The summed E-state index contributed by atoms with van der Waals surface area (Å²) in [5.41, 5.74) is 1.26. The van der Waals surface area contributed by atoms with Crippen LogP contribution in [0.15, 0.2) is 24.3 Å². The first-order valence-electron chi connectivity index (χ1n) is 6.19. The molecular formula is C14H18ClNO2. The van der Waals surface area contributed by atoms with Crippen molar-refractivity contribution in [3.05, 3.63) is 29.8 Å². The second-order valence-corrected chi connectivity index (χ2v) is 4.95. The zero-order valence-electron chi connectivity index (χ0n) is 10.6. The minimum atomic E-state index is 0.0461. The van der Waals surface area contributed by atoms with Crippen LogP contribution in [-0.4, -0.2) is 36.9 Å². The average Bonchev–Trinajstić information content (AvgIpc) is 2.86. The third kappa shape index (κ3) is 3.16. The van der Waals surface area contributed by atoms with Gasteiger partial charge in [-0.2, -0.15) is 0 Å². The van der Waals surface area contributed by atoms with Gasteiger partial charge in [-0.05, 0) is 36.5 Å². The molecule has 98 valence electrons. The topological polar surface area (TPSA) is 29.5 Å². The second kappa shape index (κ2) is 6.10. The van der Waals surface area contributed by atoms with Gasteiger partial charge in [0.15, 0.2) is 0 Å². The van der Waals surface area contributed by atoms with Gasteiger partial charge in [0.2, 0.25) is 5.91 Å². The van der Waals surface area contributed by atoms with Gasteiger partial charge in [0.25, 0.3) is 0 Å². The van der Waals surface area contributed by atoms with Crippen molar-refractivity contribution in [2.45, 2.75) is 12.8 Å². The fraction of sp³-hybridized carbons (Fsp3) is 0.500. The number of benzene rings is 1. The molecule has 18 heavy (non-hydrogen) atoms. The van der Waals surface area contributed by atoms with Crippen molar-refractivity contribution in [3.63, 3.8) is 0 Å². The van der Waals surface area contributed by atoms with Crippen LogP contribution in [0.5, 0.6) is 5.75 Å². The second-order valence-electron chi connectivity index (χ2n) is 4.68. The zero-order chi connectivity index (χ0) is 13.0. The number of amides is 1. The Balaban J connectivity index is 1.92. The number of halogens is 1. The van der Waals surface area contributed by atoms with E-state index in [1.807, 2.05) is 17.0 Å². The molecule has 1 unspecified atom stereocenters. The highest BCUT2D eigenvalue weighted by Crippen LogP contribution is 2.23. The van der Waals surface area contributed by atoms with E-state index < -0.39 is 0 Å². The van der Waals surface area contributed by atoms with E-state index in [0.29, 0.717) is 5.92 Å². The van der Waals surface area contributed by atoms with E-state index in [2.05, 4.69) is 12.1 Å². The van der Waals surface area contributed by atoms with Gasteiger partial charge in [0.05, 0.1) is 7.11 Å². The van der Waals surface area contributed by atoms with E-state index in [1.54, 1.807) is 7.11 Å². The molecule has 4 heteroatoms. The largest absolute Gasteiger partial charge is 0.497 e.